The average Bonchev–Trinajstić information content (AvgIpc) is 3.31. The summed E-state index contributed by atoms with van der Waals surface area (Å²) in [7, 11) is 0. The fourth-order valence-corrected chi connectivity index (χ4v) is 5.00. The van der Waals surface area contributed by atoms with Gasteiger partial charge in [-0.2, -0.15) is 34.4 Å². The van der Waals surface area contributed by atoms with Crippen molar-refractivity contribution in [3.8, 4) is 0 Å². The molecular weight excluding hydrogens is 607 g/mol. The van der Waals surface area contributed by atoms with Crippen LogP contribution in [0.5, 0.6) is 0 Å². The zero-order valence-corrected chi connectivity index (χ0v) is 27.6. The summed E-state index contributed by atoms with van der Waals surface area (Å²) in [5, 5.41) is 0. The van der Waals surface area contributed by atoms with E-state index in [1.807, 2.05) is 0 Å². The minimum Gasteiger partial charge on any atom is -1.00 e. The summed E-state index contributed by atoms with van der Waals surface area (Å²) in [6.07, 6.45) is 17.5. The second-order valence-electron chi connectivity index (χ2n) is 10.2. The van der Waals surface area contributed by atoms with Gasteiger partial charge in [-0.1, -0.05) is 98.8 Å². The third-order valence-corrected chi connectivity index (χ3v) is 6.57. The smallest absolute Gasteiger partial charge is 0.0144 e. The van der Waals surface area contributed by atoms with Gasteiger partial charge in [-0.25, -0.2) is 0 Å². The zero-order chi connectivity index (χ0) is 26.9. The molecule has 0 N–H and O–H groups in total. The summed E-state index contributed by atoms with van der Waals surface area (Å²) in [5.41, 5.74) is 10.9. The molecule has 4 aromatic rings. The summed E-state index contributed by atoms with van der Waals surface area (Å²) in [6, 6.07) is 30.5. The van der Waals surface area contributed by atoms with E-state index >= 15 is 0 Å². The molecule has 0 radical (unpaired) electrons. The van der Waals surface area contributed by atoms with Crippen LogP contribution in [0.3, 0.4) is 0 Å². The average molecular weight is 643 g/mol. The van der Waals surface area contributed by atoms with Crippen LogP contribution in [0, 0.1) is 13.8 Å². The molecule has 0 amide bonds. The number of allylic oxidation sites excluding steroid dienone is 6. The predicted octanol–water partition coefficient (Wildman–Crippen LogP) is 3.61. The van der Waals surface area contributed by atoms with E-state index in [4.69, 9.17) is 0 Å². The first kappa shape index (κ1) is 33.6. The van der Waals surface area contributed by atoms with Gasteiger partial charge in [0.2, 0.25) is 0 Å². The number of hydrogen-bond acceptors (Lipinski definition) is 0. The van der Waals surface area contributed by atoms with Gasteiger partial charge in [-0.15, -0.1) is 47.6 Å². The van der Waals surface area contributed by atoms with Crippen LogP contribution >= 0.6 is 0 Å². The first-order valence-electron chi connectivity index (χ1n) is 13.3. The standard InChI is InChI=1S/2C17H15.C3H6.2ClH.Zr/c2*1-13-11-15-9-5-6-10-16(17(15)12-13)14-7-3-2-4-8-14;1-3-2;;;/h2*2-12,16H,1H3;1-2H3;2*1H;/q2*-1;;;;+2/p-2. The number of hydrogen-bond donors (Lipinski definition) is 0. The fourth-order valence-electron chi connectivity index (χ4n) is 5.00. The molecule has 0 saturated heterocycles. The summed E-state index contributed by atoms with van der Waals surface area (Å²) < 4.78 is 1.51. The van der Waals surface area contributed by atoms with Gasteiger partial charge in [0.1, 0.15) is 0 Å². The molecular formula is C37H36Cl2Zr-2. The summed E-state index contributed by atoms with van der Waals surface area (Å²) in [5.74, 6) is 0.768. The maximum atomic E-state index is 2.30. The minimum absolute atomic E-state index is 0. The van der Waals surface area contributed by atoms with Gasteiger partial charge in [-0.05, 0) is 23.0 Å². The van der Waals surface area contributed by atoms with Crippen LogP contribution in [0.15, 0.2) is 121 Å². The van der Waals surface area contributed by atoms with Crippen molar-refractivity contribution in [2.75, 3.05) is 0 Å². The van der Waals surface area contributed by atoms with E-state index in [0.29, 0.717) is 11.8 Å². The van der Waals surface area contributed by atoms with E-state index in [1.54, 1.807) is 24.2 Å². The molecule has 4 aromatic carbocycles. The van der Waals surface area contributed by atoms with Gasteiger partial charge >= 0.3 is 41.3 Å². The molecule has 2 unspecified atom stereocenters. The third-order valence-electron chi connectivity index (χ3n) is 6.57. The predicted molar refractivity (Wildman–Crippen MR) is 163 cm³/mol. The van der Waals surface area contributed by atoms with Crippen molar-refractivity contribution < 1.29 is 49.0 Å². The zero-order valence-electron chi connectivity index (χ0n) is 23.6. The molecule has 0 nitrogen and oxygen atoms in total. The number of benzene rings is 2. The van der Waals surface area contributed by atoms with E-state index in [0.717, 1.165) is 0 Å². The second-order valence-corrected chi connectivity index (χ2v) is 12.6. The van der Waals surface area contributed by atoms with Gasteiger partial charge < -0.3 is 24.8 Å². The van der Waals surface area contributed by atoms with Gasteiger partial charge in [-0.3, -0.25) is 0 Å². The van der Waals surface area contributed by atoms with Crippen LogP contribution in [0.4, 0.5) is 0 Å². The Kier molecular flexibility index (Phi) is 14.0. The van der Waals surface area contributed by atoms with E-state index in [2.05, 4.69) is 161 Å². The Balaban J connectivity index is 0.000000237. The summed E-state index contributed by atoms with van der Waals surface area (Å²) in [6.45, 7) is 8.57. The number of rotatable bonds is 2. The molecule has 2 aliphatic carbocycles. The molecule has 0 heterocycles. The van der Waals surface area contributed by atoms with Crippen molar-refractivity contribution in [1.29, 1.82) is 0 Å². The number of aryl methyl sites for hydroxylation is 2. The van der Waals surface area contributed by atoms with E-state index < -0.39 is 0 Å². The molecule has 0 aromatic heterocycles. The van der Waals surface area contributed by atoms with Crippen LogP contribution in [-0.4, -0.2) is 3.21 Å². The monoisotopic (exact) mass is 640 g/mol. The van der Waals surface area contributed by atoms with E-state index in [9.17, 15) is 0 Å². The van der Waals surface area contributed by atoms with Crippen molar-refractivity contribution in [3.63, 3.8) is 0 Å². The molecule has 40 heavy (non-hydrogen) atoms. The van der Waals surface area contributed by atoms with Crippen molar-refractivity contribution in [2.45, 2.75) is 39.5 Å². The van der Waals surface area contributed by atoms with Crippen LogP contribution in [0.25, 0.3) is 12.2 Å². The Morgan fingerprint density at radius 3 is 1.30 bits per heavy atom. The molecule has 6 rings (SSSR count). The van der Waals surface area contributed by atoms with Crippen molar-refractivity contribution in [2.24, 2.45) is 0 Å². The summed E-state index contributed by atoms with van der Waals surface area (Å²) >= 11 is 1.55. The second kappa shape index (κ2) is 16.6. The Morgan fingerprint density at radius 2 is 0.950 bits per heavy atom. The third kappa shape index (κ3) is 9.24. The van der Waals surface area contributed by atoms with Gasteiger partial charge in [0.15, 0.2) is 0 Å². The molecule has 2 atom stereocenters. The van der Waals surface area contributed by atoms with E-state index in [1.165, 1.54) is 47.7 Å². The molecule has 0 fully saturated rings. The molecule has 0 bridgehead atoms. The topological polar surface area (TPSA) is 0 Å². The van der Waals surface area contributed by atoms with Crippen molar-refractivity contribution >= 4 is 15.4 Å². The minimum atomic E-state index is 0. The fraction of sp³-hybridized carbons (Fsp3) is 0.162. The summed E-state index contributed by atoms with van der Waals surface area (Å²) in [4.78, 5) is 0. The van der Waals surface area contributed by atoms with E-state index in [-0.39, 0.29) is 24.8 Å². The Morgan fingerprint density at radius 1 is 0.600 bits per heavy atom. The molecule has 0 spiro atoms. The number of fused-ring (bicyclic) bond motifs is 2. The molecule has 2 aliphatic rings. The van der Waals surface area contributed by atoms with Gasteiger partial charge in [0, 0.05) is 0 Å². The van der Waals surface area contributed by atoms with Crippen LogP contribution in [-0.2, 0) is 24.2 Å². The Bertz CT molecular complexity index is 1350. The van der Waals surface area contributed by atoms with Crippen LogP contribution in [0.1, 0.15) is 70.2 Å². The first-order chi connectivity index (χ1) is 18.4. The maximum Gasteiger partial charge on any atom is -0.0144 e. The SMILES string of the molecule is C[C](C)=[Zr+2].Cc1cc2c([cH-]1)C=CC=CC2c1ccccc1.Cc1cc2c([cH-]1)C=CC=CC2c1ccccc1.[Cl-].[Cl-]. The van der Waals surface area contributed by atoms with Crippen molar-refractivity contribution in [1.82, 2.24) is 0 Å². The molecule has 0 saturated carbocycles. The van der Waals surface area contributed by atoms with Crippen LogP contribution in [0.2, 0.25) is 0 Å². The maximum absolute atomic E-state index is 2.30. The van der Waals surface area contributed by atoms with Gasteiger partial charge in [0.05, 0.1) is 0 Å². The molecule has 204 valence electrons. The molecule has 0 aliphatic heterocycles. The molecule has 3 heteroatoms. The Labute approximate surface area is 268 Å². The Hall–Kier alpha value is -2.57. The van der Waals surface area contributed by atoms with Gasteiger partial charge in [0.25, 0.3) is 0 Å². The quantitative estimate of drug-likeness (QED) is 0.294. The first-order valence-corrected chi connectivity index (χ1v) is 14.5. The normalized spacial score (nSPS) is 15.8. The largest absolute Gasteiger partial charge is 1.00 e. The van der Waals surface area contributed by atoms with Crippen molar-refractivity contribution in [3.05, 3.63) is 166 Å². The van der Waals surface area contributed by atoms with Crippen LogP contribution < -0.4 is 24.8 Å². The number of halogens is 2.